The molecule has 2 saturated carbocycles. The van der Waals surface area contributed by atoms with E-state index in [0.29, 0.717) is 29.4 Å². The molecule has 3 aliphatic carbocycles. The molecule has 3 heteroatoms. The first-order valence-electron chi connectivity index (χ1n) is 9.03. The molecule has 2 fully saturated rings. The lowest BCUT2D eigenvalue weighted by Crippen LogP contribution is -2.46. The van der Waals surface area contributed by atoms with E-state index < -0.39 is 0 Å². The lowest BCUT2D eigenvalue weighted by molar-refractivity contribution is -0.0356. The Bertz CT molecular complexity index is 626. The van der Waals surface area contributed by atoms with Gasteiger partial charge in [0.25, 0.3) is 0 Å². The fourth-order valence-corrected chi connectivity index (χ4v) is 6.12. The van der Waals surface area contributed by atoms with Gasteiger partial charge in [0.2, 0.25) is 0 Å². The van der Waals surface area contributed by atoms with Gasteiger partial charge in [-0.2, -0.15) is 0 Å². The van der Waals surface area contributed by atoms with Crippen LogP contribution < -0.4 is 4.74 Å². The van der Waals surface area contributed by atoms with E-state index in [1.54, 1.807) is 7.11 Å². The highest BCUT2D eigenvalue weighted by Crippen LogP contribution is 2.62. The fraction of sp³-hybridized carbons (Fsp3) is 0.700. The number of aromatic hydroxyl groups is 1. The molecule has 0 bridgehead atoms. The molecule has 1 aromatic carbocycles. The van der Waals surface area contributed by atoms with E-state index >= 15 is 0 Å². The molecule has 0 spiro atoms. The van der Waals surface area contributed by atoms with Crippen LogP contribution in [0.15, 0.2) is 12.1 Å². The third kappa shape index (κ3) is 2.05. The zero-order valence-electron chi connectivity index (χ0n) is 14.4. The number of phenols is 1. The molecule has 0 aromatic heterocycles. The quantitative estimate of drug-likeness (QED) is 0.827. The van der Waals surface area contributed by atoms with E-state index in [9.17, 15) is 10.2 Å². The van der Waals surface area contributed by atoms with Gasteiger partial charge in [-0.05, 0) is 84.5 Å². The van der Waals surface area contributed by atoms with Crippen LogP contribution in [-0.4, -0.2) is 23.4 Å². The van der Waals surface area contributed by atoms with Crippen LogP contribution in [0.25, 0.3) is 0 Å². The number of aliphatic hydroxyl groups is 1. The number of methoxy groups -OCH3 is 1. The zero-order valence-corrected chi connectivity index (χ0v) is 14.4. The summed E-state index contributed by atoms with van der Waals surface area (Å²) in [6.45, 7) is 4.67. The van der Waals surface area contributed by atoms with E-state index in [0.717, 1.165) is 32.1 Å². The van der Waals surface area contributed by atoms with Crippen molar-refractivity contribution in [3.8, 4) is 11.5 Å². The number of phenolic OH excluding ortho intramolecular Hbond substituents is 1. The summed E-state index contributed by atoms with van der Waals surface area (Å²) >= 11 is 0. The Morgan fingerprint density at radius 1 is 1.22 bits per heavy atom. The van der Waals surface area contributed by atoms with Crippen molar-refractivity contribution in [1.82, 2.24) is 0 Å². The second-order valence-corrected chi connectivity index (χ2v) is 8.33. The van der Waals surface area contributed by atoms with Gasteiger partial charge < -0.3 is 14.9 Å². The second kappa shape index (κ2) is 5.14. The largest absolute Gasteiger partial charge is 0.504 e. The average Bonchev–Trinajstić information content (AvgIpc) is 2.82. The molecule has 2 N–H and O–H groups in total. The zero-order chi connectivity index (χ0) is 16.4. The van der Waals surface area contributed by atoms with Crippen molar-refractivity contribution in [2.75, 3.05) is 7.11 Å². The van der Waals surface area contributed by atoms with Crippen molar-refractivity contribution in [3.05, 3.63) is 23.3 Å². The minimum atomic E-state index is -0.128. The Balaban J connectivity index is 1.77. The predicted octanol–water partition coefficient (Wildman–Crippen LogP) is 3.86. The summed E-state index contributed by atoms with van der Waals surface area (Å²) in [5.41, 5.74) is 2.78. The third-order valence-electron chi connectivity index (χ3n) is 7.32. The van der Waals surface area contributed by atoms with Gasteiger partial charge in [0.15, 0.2) is 11.5 Å². The van der Waals surface area contributed by atoms with Gasteiger partial charge in [0.1, 0.15) is 0 Å². The molecule has 0 saturated heterocycles. The molecule has 6 atom stereocenters. The van der Waals surface area contributed by atoms with Crippen molar-refractivity contribution >= 4 is 0 Å². The van der Waals surface area contributed by atoms with Crippen LogP contribution in [0, 0.1) is 23.2 Å². The summed E-state index contributed by atoms with van der Waals surface area (Å²) in [6, 6.07) is 3.99. The van der Waals surface area contributed by atoms with E-state index in [2.05, 4.69) is 19.9 Å². The number of hydrogen-bond acceptors (Lipinski definition) is 3. The number of benzene rings is 1. The molecule has 1 aromatic rings. The Morgan fingerprint density at radius 3 is 2.74 bits per heavy atom. The maximum Gasteiger partial charge on any atom is 0.160 e. The first-order chi connectivity index (χ1) is 11.0. The van der Waals surface area contributed by atoms with Crippen LogP contribution in [0.4, 0.5) is 0 Å². The normalized spacial score (nSPS) is 41.8. The van der Waals surface area contributed by atoms with Crippen molar-refractivity contribution in [2.45, 2.75) is 58.0 Å². The smallest absolute Gasteiger partial charge is 0.160 e. The lowest BCUT2D eigenvalue weighted by atomic mass is 9.53. The molecule has 126 valence electrons. The molecule has 3 nitrogen and oxygen atoms in total. The van der Waals surface area contributed by atoms with Gasteiger partial charge in [-0.25, -0.2) is 0 Å². The van der Waals surface area contributed by atoms with Crippen LogP contribution in [0.5, 0.6) is 11.5 Å². The highest BCUT2D eigenvalue weighted by Gasteiger charge is 2.56. The monoisotopic (exact) mass is 316 g/mol. The summed E-state index contributed by atoms with van der Waals surface area (Å²) in [6.07, 6.45) is 5.26. The van der Waals surface area contributed by atoms with Crippen LogP contribution in [0.1, 0.15) is 56.6 Å². The lowest BCUT2D eigenvalue weighted by Gasteiger charge is -2.52. The van der Waals surface area contributed by atoms with Gasteiger partial charge in [-0.15, -0.1) is 0 Å². The van der Waals surface area contributed by atoms with Gasteiger partial charge >= 0.3 is 0 Å². The highest BCUT2D eigenvalue weighted by molar-refractivity contribution is 5.49. The Morgan fingerprint density at radius 2 is 2.00 bits per heavy atom. The number of rotatable bonds is 1. The first kappa shape index (κ1) is 15.3. The molecule has 0 radical (unpaired) electrons. The van der Waals surface area contributed by atoms with E-state index in [-0.39, 0.29) is 17.3 Å². The van der Waals surface area contributed by atoms with Gasteiger partial charge in [-0.3, -0.25) is 0 Å². The summed E-state index contributed by atoms with van der Waals surface area (Å²) in [4.78, 5) is 0. The number of ether oxygens (including phenoxy) is 1. The molecule has 0 amide bonds. The summed E-state index contributed by atoms with van der Waals surface area (Å²) in [7, 11) is 1.62. The standard InChI is InChI=1S/C20H28O3/c1-11-8-12-9-16(21)17(23-3)10-14(12)13-6-7-20(2)15(19(11)13)4-5-18(20)22/h9-11,13,15,18-19,21-22H,4-8H2,1-3H3/t11-,13-,15+,18+,19-,20+/m1/s1. The van der Waals surface area contributed by atoms with Crippen LogP contribution in [-0.2, 0) is 6.42 Å². The molecule has 4 rings (SSSR count). The summed E-state index contributed by atoms with van der Waals surface area (Å²) in [5.74, 6) is 3.28. The van der Waals surface area contributed by atoms with Crippen molar-refractivity contribution in [2.24, 2.45) is 23.2 Å². The molecule has 0 unspecified atom stereocenters. The third-order valence-corrected chi connectivity index (χ3v) is 7.32. The van der Waals surface area contributed by atoms with Crippen molar-refractivity contribution in [3.63, 3.8) is 0 Å². The van der Waals surface area contributed by atoms with E-state index in [4.69, 9.17) is 4.74 Å². The minimum absolute atomic E-state index is 0.105. The van der Waals surface area contributed by atoms with Gasteiger partial charge in [0, 0.05) is 0 Å². The average molecular weight is 316 g/mol. The number of hydrogen-bond donors (Lipinski definition) is 2. The van der Waals surface area contributed by atoms with E-state index in [1.165, 1.54) is 11.1 Å². The Labute approximate surface area is 138 Å². The van der Waals surface area contributed by atoms with Crippen molar-refractivity contribution < 1.29 is 14.9 Å². The molecule has 0 heterocycles. The maximum atomic E-state index is 10.5. The predicted molar refractivity (Wildman–Crippen MR) is 89.8 cm³/mol. The summed E-state index contributed by atoms with van der Waals surface area (Å²) in [5, 5.41) is 20.6. The molecular weight excluding hydrogens is 288 g/mol. The Kier molecular flexibility index (Phi) is 3.42. The molecule has 23 heavy (non-hydrogen) atoms. The summed E-state index contributed by atoms with van der Waals surface area (Å²) < 4.78 is 5.35. The topological polar surface area (TPSA) is 49.7 Å². The van der Waals surface area contributed by atoms with Crippen LogP contribution in [0.2, 0.25) is 0 Å². The first-order valence-corrected chi connectivity index (χ1v) is 9.03. The number of aliphatic hydroxyl groups excluding tert-OH is 1. The van der Waals surface area contributed by atoms with Crippen molar-refractivity contribution in [1.29, 1.82) is 0 Å². The van der Waals surface area contributed by atoms with Crippen LogP contribution in [0.3, 0.4) is 0 Å². The molecule has 3 aliphatic rings. The second-order valence-electron chi connectivity index (χ2n) is 8.33. The molecule has 0 aliphatic heterocycles. The number of fused-ring (bicyclic) bond motifs is 5. The van der Waals surface area contributed by atoms with Gasteiger partial charge in [0.05, 0.1) is 13.2 Å². The van der Waals surface area contributed by atoms with E-state index in [1.807, 2.05) is 6.07 Å². The van der Waals surface area contributed by atoms with Gasteiger partial charge in [-0.1, -0.05) is 13.8 Å². The minimum Gasteiger partial charge on any atom is -0.504 e. The highest BCUT2D eigenvalue weighted by atomic mass is 16.5. The maximum absolute atomic E-state index is 10.5. The van der Waals surface area contributed by atoms with Crippen LogP contribution >= 0.6 is 0 Å². The fourth-order valence-electron chi connectivity index (χ4n) is 6.12. The molecular formula is C20H28O3. The Hall–Kier alpha value is -1.22. The SMILES string of the molecule is COc1cc2c(cc1O)C[C@@H](C)[C@@H]1[C@@H]2CC[C@]2(C)[C@@H](O)CC[C@@H]12.